The van der Waals surface area contributed by atoms with Crippen molar-refractivity contribution in [3.05, 3.63) is 0 Å². The van der Waals surface area contributed by atoms with E-state index in [0.717, 1.165) is 0 Å². The van der Waals surface area contributed by atoms with Gasteiger partial charge in [0.05, 0.1) is 12.5 Å². The molecule has 0 fully saturated rings. The first kappa shape index (κ1) is 26.7. The van der Waals surface area contributed by atoms with E-state index in [9.17, 15) is 24.0 Å². The molecule has 0 rings (SSSR count). The van der Waals surface area contributed by atoms with Crippen LogP contribution in [0.2, 0.25) is 0 Å². The normalized spacial score (nSPS) is 14.8. The lowest BCUT2D eigenvalue weighted by molar-refractivity contribution is -0.138. The minimum Gasteiger partial charge on any atom is -0.480 e. The zero-order chi connectivity index (χ0) is 22.6. The zero-order valence-corrected chi connectivity index (χ0v) is 17.7. The van der Waals surface area contributed by atoms with Crippen molar-refractivity contribution in [3.63, 3.8) is 0 Å². The van der Waals surface area contributed by atoms with Crippen LogP contribution in [-0.4, -0.2) is 71.4 Å². The van der Waals surface area contributed by atoms with Gasteiger partial charge in [-0.15, -0.1) is 0 Å². The Balaban J connectivity index is 5.26. The topological polar surface area (TPSA) is 194 Å². The second-order valence-corrected chi connectivity index (χ2v) is 7.59. The van der Waals surface area contributed by atoms with Crippen molar-refractivity contribution in [1.29, 1.82) is 0 Å². The van der Waals surface area contributed by atoms with E-state index in [1.165, 1.54) is 11.8 Å². The van der Waals surface area contributed by atoms with Crippen molar-refractivity contribution >= 4 is 41.4 Å². The van der Waals surface area contributed by atoms with E-state index in [4.69, 9.17) is 16.6 Å². The predicted octanol–water partition coefficient (Wildman–Crippen LogP) is -1.84. The van der Waals surface area contributed by atoms with E-state index in [2.05, 4.69) is 16.0 Å². The van der Waals surface area contributed by atoms with E-state index < -0.39 is 54.3 Å². The lowest BCUT2D eigenvalue weighted by atomic mass is 9.97. The van der Waals surface area contributed by atoms with Gasteiger partial charge in [0.15, 0.2) is 0 Å². The van der Waals surface area contributed by atoms with Gasteiger partial charge in [-0.2, -0.15) is 11.8 Å². The van der Waals surface area contributed by atoms with Gasteiger partial charge in [0, 0.05) is 0 Å². The number of carboxylic acid groups (broad SMARTS) is 1. The number of primary amides is 1. The van der Waals surface area contributed by atoms with Crippen molar-refractivity contribution in [2.24, 2.45) is 17.4 Å². The van der Waals surface area contributed by atoms with Crippen LogP contribution in [0.4, 0.5) is 0 Å². The monoisotopic (exact) mass is 433 g/mol. The third-order valence-electron chi connectivity index (χ3n) is 4.21. The van der Waals surface area contributed by atoms with Gasteiger partial charge in [0.2, 0.25) is 23.6 Å². The van der Waals surface area contributed by atoms with Gasteiger partial charge in [-0.25, -0.2) is 0 Å². The highest BCUT2D eigenvalue weighted by molar-refractivity contribution is 7.98. The number of aliphatic carboxylic acids is 1. The summed E-state index contributed by atoms with van der Waals surface area (Å²) in [5.41, 5.74) is 10.7. The molecule has 4 amide bonds. The molecule has 11 nitrogen and oxygen atoms in total. The molecule has 0 heterocycles. The number of thioether (sulfide) groups is 1. The van der Waals surface area contributed by atoms with E-state index in [-0.39, 0.29) is 18.8 Å². The molecule has 12 heteroatoms. The smallest absolute Gasteiger partial charge is 0.322 e. The molecule has 0 aliphatic rings. The summed E-state index contributed by atoms with van der Waals surface area (Å²) in [7, 11) is 0. The van der Waals surface area contributed by atoms with Crippen LogP contribution >= 0.6 is 11.8 Å². The van der Waals surface area contributed by atoms with Crippen LogP contribution in [0.25, 0.3) is 0 Å². The summed E-state index contributed by atoms with van der Waals surface area (Å²) in [6.45, 7) is 2.99. The van der Waals surface area contributed by atoms with Crippen molar-refractivity contribution < 1.29 is 29.1 Å². The van der Waals surface area contributed by atoms with Crippen LogP contribution in [0.1, 0.15) is 33.1 Å². The molecule has 0 bridgehead atoms. The molecule has 0 aromatic heterocycles. The third kappa shape index (κ3) is 10.7. The van der Waals surface area contributed by atoms with Gasteiger partial charge < -0.3 is 32.5 Å². The number of carbonyl (C=O) groups excluding carboxylic acids is 4. The number of nitrogens with one attached hydrogen (secondary N) is 3. The molecule has 166 valence electrons. The Morgan fingerprint density at radius 3 is 2.17 bits per heavy atom. The first-order chi connectivity index (χ1) is 13.5. The summed E-state index contributed by atoms with van der Waals surface area (Å²) in [5, 5.41) is 16.0. The minimum atomic E-state index is -1.21. The number of carbonyl (C=O) groups is 5. The van der Waals surface area contributed by atoms with Crippen LogP contribution in [-0.2, 0) is 24.0 Å². The van der Waals surface area contributed by atoms with Crippen molar-refractivity contribution in [2.75, 3.05) is 18.6 Å². The van der Waals surface area contributed by atoms with Gasteiger partial charge >= 0.3 is 5.97 Å². The van der Waals surface area contributed by atoms with Crippen LogP contribution < -0.4 is 27.4 Å². The average Bonchev–Trinajstić information content (AvgIpc) is 2.65. The zero-order valence-electron chi connectivity index (χ0n) is 16.9. The van der Waals surface area contributed by atoms with E-state index in [0.29, 0.717) is 12.2 Å². The lowest BCUT2D eigenvalue weighted by Gasteiger charge is -2.27. The Bertz CT molecular complexity index is 603. The maximum atomic E-state index is 12.8. The molecular formula is C17H31N5O6S. The predicted molar refractivity (Wildman–Crippen MR) is 109 cm³/mol. The third-order valence-corrected chi connectivity index (χ3v) is 4.85. The average molecular weight is 434 g/mol. The maximum absolute atomic E-state index is 12.8. The number of hydrogen-bond donors (Lipinski definition) is 6. The van der Waals surface area contributed by atoms with Gasteiger partial charge in [0.25, 0.3) is 0 Å². The highest BCUT2D eigenvalue weighted by atomic mass is 32.2. The van der Waals surface area contributed by atoms with Gasteiger partial charge in [0.1, 0.15) is 18.6 Å². The fourth-order valence-corrected chi connectivity index (χ4v) is 2.80. The Morgan fingerprint density at radius 2 is 1.69 bits per heavy atom. The van der Waals surface area contributed by atoms with Crippen LogP contribution in [0.5, 0.6) is 0 Å². The Hall–Kier alpha value is -2.34. The highest BCUT2D eigenvalue weighted by Crippen LogP contribution is 2.10. The molecule has 0 aliphatic heterocycles. The summed E-state index contributed by atoms with van der Waals surface area (Å²) < 4.78 is 0. The fourth-order valence-electron chi connectivity index (χ4n) is 2.32. The SMILES string of the molecule is CCC(C)C(NC(=O)C(N)CC(N)=O)C(=O)NC(CCSC)C(=O)NCC(=O)O. The summed E-state index contributed by atoms with van der Waals surface area (Å²) in [6.07, 6.45) is 2.29. The Kier molecular flexibility index (Phi) is 12.7. The molecule has 0 aromatic rings. The molecule has 0 spiro atoms. The molecule has 0 aliphatic carbocycles. The van der Waals surface area contributed by atoms with Crippen molar-refractivity contribution in [3.8, 4) is 0 Å². The summed E-state index contributed by atoms with van der Waals surface area (Å²) >= 11 is 1.46. The van der Waals surface area contributed by atoms with Gasteiger partial charge in [-0.3, -0.25) is 24.0 Å². The number of rotatable bonds is 14. The van der Waals surface area contributed by atoms with Crippen LogP contribution in [0.3, 0.4) is 0 Å². The standard InChI is InChI=1S/C17H31N5O6S/c1-4-9(2)14(22-15(26)10(18)7-12(19)23)17(28)21-11(5-6-29-3)16(27)20-8-13(24)25/h9-11,14H,4-8,18H2,1-3H3,(H2,19,23)(H,20,27)(H,21,28)(H,22,26)(H,24,25). The van der Waals surface area contributed by atoms with Gasteiger partial charge in [-0.05, 0) is 24.3 Å². The summed E-state index contributed by atoms with van der Waals surface area (Å²) in [5.74, 6) is -3.63. The number of amides is 4. The molecular weight excluding hydrogens is 402 g/mol. The molecule has 4 unspecified atom stereocenters. The first-order valence-electron chi connectivity index (χ1n) is 9.16. The first-order valence-corrected chi connectivity index (χ1v) is 10.6. The molecule has 0 saturated carbocycles. The number of carboxylic acids is 1. The minimum absolute atomic E-state index is 0.278. The summed E-state index contributed by atoms with van der Waals surface area (Å²) in [6, 6.07) is -3.15. The Morgan fingerprint density at radius 1 is 1.07 bits per heavy atom. The van der Waals surface area contributed by atoms with E-state index in [1.54, 1.807) is 6.92 Å². The number of nitrogens with two attached hydrogens (primary N) is 2. The second kappa shape index (κ2) is 13.8. The maximum Gasteiger partial charge on any atom is 0.322 e. The number of hydrogen-bond acceptors (Lipinski definition) is 7. The van der Waals surface area contributed by atoms with Crippen LogP contribution in [0.15, 0.2) is 0 Å². The van der Waals surface area contributed by atoms with Crippen molar-refractivity contribution in [1.82, 2.24) is 16.0 Å². The fraction of sp³-hybridized carbons (Fsp3) is 0.706. The largest absolute Gasteiger partial charge is 0.480 e. The highest BCUT2D eigenvalue weighted by Gasteiger charge is 2.31. The second-order valence-electron chi connectivity index (χ2n) is 6.60. The Labute approximate surface area is 174 Å². The van der Waals surface area contributed by atoms with Gasteiger partial charge in [-0.1, -0.05) is 20.3 Å². The molecule has 0 aromatic carbocycles. The van der Waals surface area contributed by atoms with E-state index in [1.807, 2.05) is 13.2 Å². The summed E-state index contributed by atoms with van der Waals surface area (Å²) in [4.78, 5) is 58.8. The lowest BCUT2D eigenvalue weighted by Crippen LogP contribution is -2.58. The quantitative estimate of drug-likeness (QED) is 0.184. The molecule has 0 saturated heterocycles. The molecule has 8 N–H and O–H groups in total. The van der Waals surface area contributed by atoms with Crippen molar-refractivity contribution in [2.45, 2.75) is 51.2 Å². The molecule has 0 radical (unpaired) electrons. The van der Waals surface area contributed by atoms with E-state index >= 15 is 0 Å². The van der Waals surface area contributed by atoms with Crippen LogP contribution in [0, 0.1) is 5.92 Å². The molecule has 29 heavy (non-hydrogen) atoms. The molecule has 4 atom stereocenters.